The van der Waals surface area contributed by atoms with Crippen LogP contribution < -0.4 is 20.1 Å². The van der Waals surface area contributed by atoms with Crippen LogP contribution in [-0.2, 0) is 6.54 Å². The molecule has 0 bridgehead atoms. The van der Waals surface area contributed by atoms with Crippen LogP contribution in [0.3, 0.4) is 0 Å². The number of nitrogens with one attached hydrogen (secondary N) is 2. The topological polar surface area (TPSA) is 54.9 Å². The summed E-state index contributed by atoms with van der Waals surface area (Å²) in [4.78, 5) is 4.45. The van der Waals surface area contributed by atoms with Gasteiger partial charge in [0.15, 0.2) is 17.5 Å². The van der Waals surface area contributed by atoms with Gasteiger partial charge in [0.2, 0.25) is 0 Å². The van der Waals surface area contributed by atoms with Crippen molar-refractivity contribution in [2.45, 2.75) is 19.9 Å². The van der Waals surface area contributed by atoms with Crippen molar-refractivity contribution in [2.24, 2.45) is 4.99 Å². The third kappa shape index (κ3) is 5.48. The number of benzene rings is 2. The van der Waals surface area contributed by atoms with Gasteiger partial charge in [0.05, 0.1) is 19.8 Å². The molecule has 0 radical (unpaired) electrons. The van der Waals surface area contributed by atoms with E-state index in [2.05, 4.69) is 15.6 Å². The first kappa shape index (κ1) is 20.3. The second-order valence-electron chi connectivity index (χ2n) is 5.62. The van der Waals surface area contributed by atoms with Crippen molar-refractivity contribution in [3.05, 3.63) is 53.8 Å². The minimum Gasteiger partial charge on any atom is -0.490 e. The standard InChI is InChI=1S/C19H22FN3O2.HI/c1-2-21-19(22-13-14-6-3-4-7-16(14)20)23-15-8-9-17-18(12-15)25-11-5-10-24-17;/h3-4,6-9,12H,2,5,10-11,13H2,1H3,(H2,21,22,23);1H. The molecule has 3 rings (SSSR count). The summed E-state index contributed by atoms with van der Waals surface area (Å²) in [5, 5.41) is 6.38. The molecule has 0 saturated carbocycles. The summed E-state index contributed by atoms with van der Waals surface area (Å²) in [7, 11) is 0. The summed E-state index contributed by atoms with van der Waals surface area (Å²) in [6.45, 7) is 4.24. The van der Waals surface area contributed by atoms with Gasteiger partial charge >= 0.3 is 0 Å². The summed E-state index contributed by atoms with van der Waals surface area (Å²) in [6, 6.07) is 12.3. The van der Waals surface area contributed by atoms with Crippen molar-refractivity contribution in [3.8, 4) is 11.5 Å². The number of hydrogen-bond acceptors (Lipinski definition) is 3. The average Bonchev–Trinajstić information content (AvgIpc) is 2.86. The zero-order chi connectivity index (χ0) is 17.5. The zero-order valence-corrected chi connectivity index (χ0v) is 17.0. The SMILES string of the molecule is CCNC(=NCc1ccccc1F)Nc1ccc2c(c1)OCCCO2.I. The number of nitrogens with zero attached hydrogens (tertiary/aromatic N) is 1. The van der Waals surface area contributed by atoms with Gasteiger partial charge in [-0.3, -0.25) is 0 Å². The Bertz CT molecular complexity index is 755. The Hall–Kier alpha value is -2.03. The second kappa shape index (κ2) is 10.2. The van der Waals surface area contributed by atoms with Crippen molar-refractivity contribution in [2.75, 3.05) is 25.1 Å². The predicted octanol–water partition coefficient (Wildman–Crippen LogP) is 4.18. The third-order valence-electron chi connectivity index (χ3n) is 3.72. The molecule has 0 saturated heterocycles. The number of anilines is 1. The molecular weight excluding hydrogens is 448 g/mol. The van der Waals surface area contributed by atoms with Crippen LogP contribution in [-0.4, -0.2) is 25.7 Å². The number of halogens is 2. The lowest BCUT2D eigenvalue weighted by molar-refractivity contribution is 0.297. The van der Waals surface area contributed by atoms with Gasteiger partial charge in [-0.15, -0.1) is 24.0 Å². The van der Waals surface area contributed by atoms with Crippen molar-refractivity contribution < 1.29 is 13.9 Å². The van der Waals surface area contributed by atoms with E-state index in [1.54, 1.807) is 18.2 Å². The summed E-state index contributed by atoms with van der Waals surface area (Å²) >= 11 is 0. The molecule has 1 aliphatic heterocycles. The highest BCUT2D eigenvalue weighted by Gasteiger charge is 2.11. The van der Waals surface area contributed by atoms with Crippen LogP contribution in [0.15, 0.2) is 47.5 Å². The number of ether oxygens (including phenoxy) is 2. The van der Waals surface area contributed by atoms with E-state index >= 15 is 0 Å². The van der Waals surface area contributed by atoms with E-state index in [1.807, 2.05) is 25.1 Å². The Morgan fingerprint density at radius 3 is 2.65 bits per heavy atom. The molecule has 0 unspecified atom stereocenters. The van der Waals surface area contributed by atoms with Crippen LogP contribution in [0.4, 0.5) is 10.1 Å². The summed E-state index contributed by atoms with van der Waals surface area (Å²) < 4.78 is 25.1. The molecule has 140 valence electrons. The van der Waals surface area contributed by atoms with E-state index in [1.165, 1.54) is 6.07 Å². The molecule has 1 aliphatic rings. The van der Waals surface area contributed by atoms with E-state index < -0.39 is 0 Å². The fourth-order valence-electron chi connectivity index (χ4n) is 2.48. The molecule has 2 N–H and O–H groups in total. The summed E-state index contributed by atoms with van der Waals surface area (Å²) in [5.41, 5.74) is 1.39. The molecule has 2 aromatic rings. The van der Waals surface area contributed by atoms with Crippen molar-refractivity contribution in [1.82, 2.24) is 5.32 Å². The maximum atomic E-state index is 13.7. The number of guanidine groups is 1. The van der Waals surface area contributed by atoms with Crippen LogP contribution in [0, 0.1) is 5.82 Å². The maximum Gasteiger partial charge on any atom is 0.196 e. The molecule has 0 aliphatic carbocycles. The first-order chi connectivity index (χ1) is 12.3. The van der Waals surface area contributed by atoms with Crippen LogP contribution >= 0.6 is 24.0 Å². The largest absolute Gasteiger partial charge is 0.490 e. The van der Waals surface area contributed by atoms with Crippen molar-refractivity contribution in [1.29, 1.82) is 0 Å². The minimum absolute atomic E-state index is 0. The molecule has 7 heteroatoms. The van der Waals surface area contributed by atoms with Gasteiger partial charge in [-0.2, -0.15) is 0 Å². The van der Waals surface area contributed by atoms with Gasteiger partial charge in [0.1, 0.15) is 5.82 Å². The normalized spacial score (nSPS) is 13.4. The number of aliphatic imine (C=N–C) groups is 1. The predicted molar refractivity (Wildman–Crippen MR) is 112 cm³/mol. The molecule has 0 aromatic heterocycles. The van der Waals surface area contributed by atoms with Crippen LogP contribution in [0.1, 0.15) is 18.9 Å². The zero-order valence-electron chi connectivity index (χ0n) is 14.6. The molecule has 1 heterocycles. The summed E-state index contributed by atoms with van der Waals surface area (Å²) in [5.74, 6) is 1.79. The molecular formula is C19H23FIN3O2. The second-order valence-corrected chi connectivity index (χ2v) is 5.62. The Balaban J connectivity index is 0.00000243. The lowest BCUT2D eigenvalue weighted by Gasteiger charge is -2.14. The van der Waals surface area contributed by atoms with Crippen LogP contribution in [0.25, 0.3) is 0 Å². The monoisotopic (exact) mass is 471 g/mol. The third-order valence-corrected chi connectivity index (χ3v) is 3.72. The van der Waals surface area contributed by atoms with Gasteiger partial charge < -0.3 is 20.1 Å². The van der Waals surface area contributed by atoms with Gasteiger partial charge in [-0.25, -0.2) is 9.38 Å². The quantitative estimate of drug-likeness (QED) is 0.399. The van der Waals surface area contributed by atoms with Gasteiger partial charge in [0.25, 0.3) is 0 Å². The molecule has 0 spiro atoms. The molecule has 0 amide bonds. The Morgan fingerprint density at radius 2 is 1.88 bits per heavy atom. The van der Waals surface area contributed by atoms with E-state index in [4.69, 9.17) is 9.47 Å². The highest BCUT2D eigenvalue weighted by atomic mass is 127. The first-order valence-corrected chi connectivity index (χ1v) is 8.44. The Labute approximate surface area is 170 Å². The van der Waals surface area contributed by atoms with E-state index in [0.29, 0.717) is 37.0 Å². The van der Waals surface area contributed by atoms with Gasteiger partial charge in [-0.1, -0.05) is 18.2 Å². The van der Waals surface area contributed by atoms with Gasteiger partial charge in [-0.05, 0) is 25.1 Å². The van der Waals surface area contributed by atoms with Crippen molar-refractivity contribution in [3.63, 3.8) is 0 Å². The smallest absolute Gasteiger partial charge is 0.196 e. The van der Waals surface area contributed by atoms with E-state index in [0.717, 1.165) is 17.9 Å². The minimum atomic E-state index is -0.252. The lowest BCUT2D eigenvalue weighted by atomic mass is 10.2. The van der Waals surface area contributed by atoms with E-state index in [9.17, 15) is 4.39 Å². The van der Waals surface area contributed by atoms with Gasteiger partial charge in [0, 0.05) is 30.3 Å². The van der Waals surface area contributed by atoms with Crippen LogP contribution in [0.2, 0.25) is 0 Å². The van der Waals surface area contributed by atoms with Crippen molar-refractivity contribution >= 4 is 35.6 Å². The maximum absolute atomic E-state index is 13.7. The number of rotatable bonds is 4. The average molecular weight is 471 g/mol. The fourth-order valence-corrected chi connectivity index (χ4v) is 2.48. The number of hydrogen-bond donors (Lipinski definition) is 2. The highest BCUT2D eigenvalue weighted by Crippen LogP contribution is 2.32. The molecule has 0 fully saturated rings. The molecule has 2 aromatic carbocycles. The Morgan fingerprint density at radius 1 is 1.12 bits per heavy atom. The van der Waals surface area contributed by atoms with E-state index in [-0.39, 0.29) is 36.3 Å². The lowest BCUT2D eigenvalue weighted by Crippen LogP contribution is -2.30. The first-order valence-electron chi connectivity index (χ1n) is 8.44. The highest BCUT2D eigenvalue weighted by molar-refractivity contribution is 14.0. The fraction of sp³-hybridized carbons (Fsp3) is 0.316. The summed E-state index contributed by atoms with van der Waals surface area (Å²) in [6.07, 6.45) is 0.865. The molecule has 5 nitrogen and oxygen atoms in total. The molecule has 0 atom stereocenters. The van der Waals surface area contributed by atoms with Crippen LogP contribution in [0.5, 0.6) is 11.5 Å². The Kier molecular flexibility index (Phi) is 7.96. The molecule has 26 heavy (non-hydrogen) atoms. The number of fused-ring (bicyclic) bond motifs is 1.